The molecular weight excluding hydrogens is 428 g/mol. The van der Waals surface area contributed by atoms with Crippen molar-refractivity contribution in [3.05, 3.63) is 89.5 Å². The third-order valence-electron chi connectivity index (χ3n) is 5.12. The highest BCUT2D eigenvalue weighted by molar-refractivity contribution is 7.91. The molecule has 32 heavy (non-hydrogen) atoms. The molecule has 0 aliphatic rings. The minimum Gasteiger partial charge on any atom is -0.507 e. The van der Waals surface area contributed by atoms with Crippen LogP contribution in [-0.4, -0.2) is 37.6 Å². The Hall–Kier alpha value is -3.20. The summed E-state index contributed by atoms with van der Waals surface area (Å²) in [5, 5.41) is 23.0. The second-order valence-corrected chi connectivity index (χ2v) is 9.37. The van der Waals surface area contributed by atoms with Crippen LogP contribution < -0.4 is 11.1 Å². The molecule has 0 bridgehead atoms. The van der Waals surface area contributed by atoms with Gasteiger partial charge in [0.25, 0.3) is 5.91 Å². The van der Waals surface area contributed by atoms with Crippen molar-refractivity contribution < 1.29 is 23.4 Å². The number of carbonyl (C=O) groups is 1. The maximum atomic E-state index is 12.8. The van der Waals surface area contributed by atoms with E-state index in [1.165, 1.54) is 18.2 Å². The van der Waals surface area contributed by atoms with Gasteiger partial charge in [0.05, 0.1) is 21.5 Å². The van der Waals surface area contributed by atoms with Crippen LogP contribution in [0.4, 0.5) is 0 Å². The Morgan fingerprint density at radius 2 is 1.62 bits per heavy atom. The summed E-state index contributed by atoms with van der Waals surface area (Å²) in [6.07, 6.45) is 1.02. The lowest BCUT2D eigenvalue weighted by atomic mass is 10.1. The van der Waals surface area contributed by atoms with Crippen LogP contribution in [0.3, 0.4) is 0 Å². The molecule has 0 spiro atoms. The van der Waals surface area contributed by atoms with Crippen molar-refractivity contribution in [3.63, 3.8) is 0 Å². The maximum Gasteiger partial charge on any atom is 0.252 e. The van der Waals surface area contributed by atoms with Crippen LogP contribution in [-0.2, 0) is 16.3 Å². The number of rotatable bonds is 10. The Morgan fingerprint density at radius 3 is 2.28 bits per heavy atom. The van der Waals surface area contributed by atoms with E-state index in [1.807, 2.05) is 30.3 Å². The number of amides is 1. The highest BCUT2D eigenvalue weighted by atomic mass is 32.2. The van der Waals surface area contributed by atoms with Gasteiger partial charge in [-0.1, -0.05) is 42.5 Å². The molecule has 0 saturated carbocycles. The number of hydrogen-bond acceptors (Lipinski definition) is 6. The number of sulfone groups is 1. The average Bonchev–Trinajstić information content (AvgIpc) is 2.79. The zero-order valence-corrected chi connectivity index (χ0v) is 18.3. The lowest BCUT2D eigenvalue weighted by Gasteiger charge is -2.12. The molecule has 0 heterocycles. The predicted octanol–water partition coefficient (Wildman–Crippen LogP) is 2.58. The van der Waals surface area contributed by atoms with Crippen molar-refractivity contribution >= 4 is 15.7 Å². The summed E-state index contributed by atoms with van der Waals surface area (Å²) in [5.74, 6) is -1.27. The molecule has 1 amide bonds. The van der Waals surface area contributed by atoms with E-state index in [0.29, 0.717) is 13.1 Å². The lowest BCUT2D eigenvalue weighted by molar-refractivity contribution is 0.0997. The largest absolute Gasteiger partial charge is 0.507 e. The van der Waals surface area contributed by atoms with Crippen LogP contribution in [0.5, 0.6) is 5.75 Å². The minimum atomic E-state index is -3.85. The zero-order chi connectivity index (χ0) is 23.1. The molecule has 1 atom stereocenters. The molecule has 8 heteroatoms. The van der Waals surface area contributed by atoms with E-state index in [2.05, 4.69) is 5.32 Å². The normalized spacial score (nSPS) is 12.4. The number of aromatic hydroxyl groups is 1. The van der Waals surface area contributed by atoms with E-state index in [9.17, 15) is 23.4 Å². The van der Waals surface area contributed by atoms with Gasteiger partial charge in [-0.3, -0.25) is 4.79 Å². The van der Waals surface area contributed by atoms with Crippen LogP contribution in [0.1, 0.15) is 34.0 Å². The van der Waals surface area contributed by atoms with Gasteiger partial charge in [0, 0.05) is 6.54 Å². The minimum absolute atomic E-state index is 0.0893. The number of carbonyl (C=O) groups excluding carboxylic acids is 1. The molecule has 0 aliphatic carbocycles. The summed E-state index contributed by atoms with van der Waals surface area (Å²) in [6.45, 7) is 1.18. The third kappa shape index (κ3) is 5.73. The van der Waals surface area contributed by atoms with Crippen molar-refractivity contribution in [2.45, 2.75) is 28.7 Å². The number of aryl methyl sites for hydroxylation is 1. The molecule has 0 fully saturated rings. The van der Waals surface area contributed by atoms with Crippen molar-refractivity contribution in [1.82, 2.24) is 5.32 Å². The van der Waals surface area contributed by atoms with Gasteiger partial charge in [-0.25, -0.2) is 8.42 Å². The molecule has 0 radical (unpaired) electrons. The topological polar surface area (TPSA) is 130 Å². The molecule has 5 N–H and O–H groups in total. The summed E-state index contributed by atoms with van der Waals surface area (Å²) in [6, 6.07) is 19.5. The van der Waals surface area contributed by atoms with Crippen molar-refractivity contribution in [1.29, 1.82) is 0 Å². The highest BCUT2D eigenvalue weighted by Crippen LogP contribution is 2.26. The second-order valence-electron chi connectivity index (χ2n) is 7.42. The molecule has 3 rings (SSSR count). The lowest BCUT2D eigenvalue weighted by Crippen LogP contribution is -2.22. The summed E-state index contributed by atoms with van der Waals surface area (Å²) in [4.78, 5) is 11.4. The Balaban J connectivity index is 1.54. The highest BCUT2D eigenvalue weighted by Gasteiger charge is 2.20. The van der Waals surface area contributed by atoms with Gasteiger partial charge >= 0.3 is 0 Å². The quantitative estimate of drug-likeness (QED) is 0.349. The number of primary amides is 1. The Labute approximate surface area is 187 Å². The van der Waals surface area contributed by atoms with E-state index < -0.39 is 21.8 Å². The fraction of sp³-hybridized carbons (Fsp3) is 0.208. The Morgan fingerprint density at radius 1 is 0.969 bits per heavy atom. The molecule has 0 aromatic heterocycles. The number of nitrogens with two attached hydrogens (primary N) is 1. The van der Waals surface area contributed by atoms with E-state index in [1.54, 1.807) is 12.1 Å². The first-order chi connectivity index (χ1) is 15.3. The SMILES string of the molecule is NC(=O)c1cc(S(=O)(=O)c2ccc(CCCNC[C@H](O)c3ccccc3)cc2)ccc1O. The predicted molar refractivity (Wildman–Crippen MR) is 121 cm³/mol. The third-order valence-corrected chi connectivity index (χ3v) is 6.89. The Bertz CT molecular complexity index is 1160. The molecule has 3 aromatic rings. The van der Waals surface area contributed by atoms with Crippen molar-refractivity contribution in [2.75, 3.05) is 13.1 Å². The molecule has 7 nitrogen and oxygen atoms in total. The van der Waals surface area contributed by atoms with Gasteiger partial charge in [-0.15, -0.1) is 0 Å². The first-order valence-corrected chi connectivity index (χ1v) is 11.7. The van der Waals surface area contributed by atoms with Gasteiger partial charge in [0.2, 0.25) is 9.84 Å². The van der Waals surface area contributed by atoms with Gasteiger partial charge in [0.15, 0.2) is 0 Å². The number of aliphatic hydroxyl groups excluding tert-OH is 1. The molecule has 0 saturated heterocycles. The summed E-state index contributed by atoms with van der Waals surface area (Å²) >= 11 is 0. The standard InChI is InChI=1S/C24H26N2O5S/c25-24(29)21-15-20(12-13-22(21)27)32(30,31)19-10-8-17(9-11-19)5-4-14-26-16-23(28)18-6-2-1-3-7-18/h1-3,6-13,15,23,26-28H,4-5,14,16H2,(H2,25,29)/t23-/m0/s1. The maximum absolute atomic E-state index is 12.8. The fourth-order valence-electron chi connectivity index (χ4n) is 3.30. The summed E-state index contributed by atoms with van der Waals surface area (Å²) in [7, 11) is -3.85. The van der Waals surface area contributed by atoms with Crippen molar-refractivity contribution in [3.8, 4) is 5.75 Å². The number of nitrogens with one attached hydrogen (secondary N) is 1. The van der Waals surface area contributed by atoms with E-state index in [-0.39, 0.29) is 21.1 Å². The zero-order valence-electron chi connectivity index (χ0n) is 17.4. The van der Waals surface area contributed by atoms with E-state index in [4.69, 9.17) is 5.73 Å². The number of aliphatic hydroxyl groups is 1. The summed E-state index contributed by atoms with van der Waals surface area (Å²) < 4.78 is 25.7. The van der Waals surface area contributed by atoms with Gasteiger partial charge in [0.1, 0.15) is 5.75 Å². The van der Waals surface area contributed by atoms with Gasteiger partial charge in [-0.05, 0) is 60.8 Å². The average molecular weight is 455 g/mol. The fourth-order valence-corrected chi connectivity index (χ4v) is 4.59. The number of hydrogen-bond donors (Lipinski definition) is 4. The molecular formula is C24H26N2O5S. The first-order valence-electron chi connectivity index (χ1n) is 10.2. The molecule has 0 aliphatic heterocycles. The van der Waals surface area contributed by atoms with Crippen molar-refractivity contribution in [2.24, 2.45) is 5.73 Å². The van der Waals surface area contributed by atoms with Crippen LogP contribution in [0.15, 0.2) is 82.6 Å². The van der Waals surface area contributed by atoms with Crippen LogP contribution >= 0.6 is 0 Å². The van der Waals surface area contributed by atoms with E-state index in [0.717, 1.165) is 36.1 Å². The number of benzene rings is 3. The first kappa shape index (κ1) is 23.5. The van der Waals surface area contributed by atoms with E-state index >= 15 is 0 Å². The van der Waals surface area contributed by atoms with Crippen LogP contribution in [0, 0.1) is 0 Å². The van der Waals surface area contributed by atoms with Crippen LogP contribution in [0.2, 0.25) is 0 Å². The number of phenols is 1. The second kappa shape index (κ2) is 10.4. The smallest absolute Gasteiger partial charge is 0.252 e. The van der Waals surface area contributed by atoms with Gasteiger partial charge in [-0.2, -0.15) is 0 Å². The van der Waals surface area contributed by atoms with Gasteiger partial charge < -0.3 is 21.3 Å². The molecule has 168 valence electrons. The van der Waals surface area contributed by atoms with Crippen LogP contribution in [0.25, 0.3) is 0 Å². The molecule has 0 unspecified atom stereocenters. The summed E-state index contributed by atoms with van der Waals surface area (Å²) in [5.41, 5.74) is 6.80. The molecule has 3 aromatic carbocycles. The Kier molecular flexibility index (Phi) is 7.63. The monoisotopic (exact) mass is 454 g/mol.